The first-order valence-electron chi connectivity index (χ1n) is 10.9. The summed E-state index contributed by atoms with van der Waals surface area (Å²) in [5.41, 5.74) is 1.25. The number of methoxy groups -OCH3 is 2. The zero-order chi connectivity index (χ0) is 22.9. The molecule has 2 N–H and O–H groups in total. The van der Waals surface area contributed by atoms with Crippen molar-refractivity contribution in [1.82, 2.24) is 5.32 Å². The predicted molar refractivity (Wildman–Crippen MR) is 122 cm³/mol. The first kappa shape index (κ1) is 22.5. The summed E-state index contributed by atoms with van der Waals surface area (Å²) in [7, 11) is -1.08. The van der Waals surface area contributed by atoms with Gasteiger partial charge in [-0.25, -0.2) is 8.42 Å². The number of amides is 1. The fraction of sp³-hybridized carbons (Fsp3) is 0.458. The molecule has 3 atom stereocenters. The molecule has 2 aromatic rings. The summed E-state index contributed by atoms with van der Waals surface area (Å²) in [6.07, 6.45) is 4.69. The van der Waals surface area contributed by atoms with Crippen molar-refractivity contribution < 1.29 is 22.7 Å². The number of anilines is 1. The van der Waals surface area contributed by atoms with Crippen LogP contribution in [0.5, 0.6) is 11.5 Å². The van der Waals surface area contributed by atoms with E-state index in [4.69, 9.17) is 9.47 Å². The van der Waals surface area contributed by atoms with Gasteiger partial charge >= 0.3 is 0 Å². The van der Waals surface area contributed by atoms with Gasteiger partial charge in [0.05, 0.1) is 31.3 Å². The molecule has 1 amide bonds. The topological polar surface area (TPSA) is 93.7 Å². The Hall–Kier alpha value is -2.74. The molecule has 2 aliphatic carbocycles. The van der Waals surface area contributed by atoms with Gasteiger partial charge in [0.25, 0.3) is 0 Å². The van der Waals surface area contributed by atoms with Gasteiger partial charge in [-0.1, -0.05) is 24.1 Å². The number of ether oxygens (including phenoxy) is 2. The summed E-state index contributed by atoms with van der Waals surface area (Å²) in [6.45, 7) is 1.87. The molecule has 2 fully saturated rings. The first-order chi connectivity index (χ1) is 15.3. The fourth-order valence-electron chi connectivity index (χ4n) is 4.99. The maximum atomic E-state index is 13.5. The van der Waals surface area contributed by atoms with Crippen LogP contribution in [0.15, 0.2) is 46.2 Å². The molecule has 2 bridgehead atoms. The average Bonchev–Trinajstić information content (AvgIpc) is 3.40. The van der Waals surface area contributed by atoms with Gasteiger partial charge in [-0.2, -0.15) is 0 Å². The van der Waals surface area contributed by atoms with Crippen molar-refractivity contribution in [1.29, 1.82) is 0 Å². The summed E-state index contributed by atoms with van der Waals surface area (Å²) in [4.78, 5) is 12.7. The molecule has 0 spiro atoms. The van der Waals surface area contributed by atoms with E-state index in [-0.39, 0.29) is 34.0 Å². The Balaban J connectivity index is 1.60. The molecule has 3 unspecified atom stereocenters. The minimum atomic E-state index is -3.94. The number of fused-ring (bicyclic) bond motifs is 2. The lowest BCUT2D eigenvalue weighted by Gasteiger charge is -2.23. The van der Waals surface area contributed by atoms with Crippen molar-refractivity contribution in [3.63, 3.8) is 0 Å². The summed E-state index contributed by atoms with van der Waals surface area (Å²) in [5.74, 6) is 1.57. The standard InChI is InChI=1S/C24H30N2O5S/c1-15-4-8-18(9-5-15)32(28,29)24-19(10-11-21(30-2)23(24)31-3)25-14-22(27)26-20-13-16-6-7-17(20)12-16/h4-5,8-11,16-17,20,25H,6-7,12-14H2,1-3H3,(H,26,27). The number of carbonyl (C=O) groups excluding carboxylic acids is 1. The van der Waals surface area contributed by atoms with E-state index in [2.05, 4.69) is 10.6 Å². The van der Waals surface area contributed by atoms with E-state index < -0.39 is 9.84 Å². The highest BCUT2D eigenvalue weighted by Crippen LogP contribution is 2.44. The molecule has 0 aromatic heterocycles. The molecule has 0 heterocycles. The van der Waals surface area contributed by atoms with Gasteiger partial charge in [0.2, 0.25) is 15.7 Å². The summed E-state index contributed by atoms with van der Waals surface area (Å²) in [5, 5.41) is 6.14. The second-order valence-corrected chi connectivity index (χ2v) is 10.6. The lowest BCUT2D eigenvalue weighted by Crippen LogP contribution is -2.41. The van der Waals surface area contributed by atoms with Crippen molar-refractivity contribution in [2.24, 2.45) is 11.8 Å². The quantitative estimate of drug-likeness (QED) is 0.628. The second-order valence-electron chi connectivity index (χ2n) is 8.70. The number of benzene rings is 2. The third-order valence-corrected chi connectivity index (χ3v) is 8.46. The van der Waals surface area contributed by atoms with Crippen LogP contribution in [-0.2, 0) is 14.6 Å². The van der Waals surface area contributed by atoms with Gasteiger partial charge in [0.1, 0.15) is 4.90 Å². The highest BCUT2D eigenvalue weighted by molar-refractivity contribution is 7.91. The number of aryl methyl sites for hydroxylation is 1. The molecule has 32 heavy (non-hydrogen) atoms. The summed E-state index contributed by atoms with van der Waals surface area (Å²) < 4.78 is 37.9. The molecular formula is C24H30N2O5S. The lowest BCUT2D eigenvalue weighted by molar-refractivity contribution is -0.120. The van der Waals surface area contributed by atoms with E-state index in [1.807, 2.05) is 6.92 Å². The van der Waals surface area contributed by atoms with Crippen LogP contribution in [0.25, 0.3) is 0 Å². The Morgan fingerprint density at radius 1 is 1.03 bits per heavy atom. The Morgan fingerprint density at radius 2 is 1.78 bits per heavy atom. The first-order valence-corrected chi connectivity index (χ1v) is 12.4. The number of rotatable bonds is 8. The Morgan fingerprint density at radius 3 is 2.38 bits per heavy atom. The van der Waals surface area contributed by atoms with Crippen molar-refractivity contribution in [3.05, 3.63) is 42.0 Å². The van der Waals surface area contributed by atoms with Crippen LogP contribution in [0.3, 0.4) is 0 Å². The number of hydrogen-bond acceptors (Lipinski definition) is 6. The molecule has 0 aliphatic heterocycles. The van der Waals surface area contributed by atoms with Crippen LogP contribution in [0.4, 0.5) is 5.69 Å². The van der Waals surface area contributed by atoms with E-state index in [1.54, 1.807) is 36.4 Å². The van der Waals surface area contributed by atoms with E-state index in [0.29, 0.717) is 17.4 Å². The molecule has 172 valence electrons. The number of hydrogen-bond donors (Lipinski definition) is 2. The molecule has 8 heteroatoms. The third kappa shape index (κ3) is 4.28. The maximum Gasteiger partial charge on any atom is 0.239 e. The van der Waals surface area contributed by atoms with Gasteiger partial charge in [0.15, 0.2) is 11.5 Å². The largest absolute Gasteiger partial charge is 0.493 e. The van der Waals surface area contributed by atoms with Gasteiger partial charge < -0.3 is 20.1 Å². The van der Waals surface area contributed by atoms with Crippen LogP contribution in [0.2, 0.25) is 0 Å². The van der Waals surface area contributed by atoms with E-state index in [9.17, 15) is 13.2 Å². The number of nitrogens with one attached hydrogen (secondary N) is 2. The third-order valence-electron chi connectivity index (χ3n) is 6.62. The Labute approximate surface area is 189 Å². The number of carbonyl (C=O) groups is 1. The van der Waals surface area contributed by atoms with Crippen LogP contribution in [-0.4, -0.2) is 41.1 Å². The van der Waals surface area contributed by atoms with Crippen LogP contribution in [0, 0.1) is 18.8 Å². The highest BCUT2D eigenvalue weighted by atomic mass is 32.2. The number of sulfone groups is 1. The molecular weight excluding hydrogens is 428 g/mol. The minimum Gasteiger partial charge on any atom is -0.493 e. The van der Waals surface area contributed by atoms with E-state index >= 15 is 0 Å². The maximum absolute atomic E-state index is 13.5. The molecule has 2 aromatic carbocycles. The lowest BCUT2D eigenvalue weighted by atomic mass is 9.95. The van der Waals surface area contributed by atoms with Crippen LogP contribution < -0.4 is 20.1 Å². The highest BCUT2D eigenvalue weighted by Gasteiger charge is 2.40. The molecule has 2 aliphatic rings. The van der Waals surface area contributed by atoms with Gasteiger partial charge in [-0.3, -0.25) is 4.79 Å². The van der Waals surface area contributed by atoms with Crippen LogP contribution >= 0.6 is 0 Å². The molecule has 0 radical (unpaired) electrons. The van der Waals surface area contributed by atoms with Gasteiger partial charge in [0, 0.05) is 6.04 Å². The van der Waals surface area contributed by atoms with Crippen molar-refractivity contribution in [2.75, 3.05) is 26.1 Å². The van der Waals surface area contributed by atoms with Crippen LogP contribution in [0.1, 0.15) is 31.2 Å². The average molecular weight is 459 g/mol. The minimum absolute atomic E-state index is 0.0280. The van der Waals surface area contributed by atoms with E-state index in [1.165, 1.54) is 33.5 Å². The molecule has 7 nitrogen and oxygen atoms in total. The van der Waals surface area contributed by atoms with Gasteiger partial charge in [-0.15, -0.1) is 0 Å². The SMILES string of the molecule is COc1ccc(NCC(=O)NC2CC3CCC2C3)c(S(=O)(=O)c2ccc(C)cc2)c1OC. The van der Waals surface area contributed by atoms with Crippen molar-refractivity contribution in [3.8, 4) is 11.5 Å². The molecule has 4 rings (SSSR count). The summed E-state index contributed by atoms with van der Waals surface area (Å²) in [6, 6.07) is 10.1. The molecule has 0 saturated heterocycles. The zero-order valence-electron chi connectivity index (χ0n) is 18.7. The predicted octanol–water partition coefficient (Wildman–Crippen LogP) is 3.56. The second kappa shape index (κ2) is 9.02. The smallest absolute Gasteiger partial charge is 0.239 e. The fourth-order valence-corrected chi connectivity index (χ4v) is 6.58. The van der Waals surface area contributed by atoms with Crippen molar-refractivity contribution >= 4 is 21.4 Å². The normalized spacial score (nSPS) is 21.9. The van der Waals surface area contributed by atoms with Gasteiger partial charge in [-0.05, 0) is 62.3 Å². The Kier molecular flexibility index (Phi) is 6.33. The summed E-state index contributed by atoms with van der Waals surface area (Å²) >= 11 is 0. The zero-order valence-corrected chi connectivity index (χ0v) is 19.5. The van der Waals surface area contributed by atoms with E-state index in [0.717, 1.165) is 17.9 Å². The monoisotopic (exact) mass is 458 g/mol. The molecule has 2 saturated carbocycles. The Bertz CT molecular complexity index is 1100. The van der Waals surface area contributed by atoms with Crippen molar-refractivity contribution in [2.45, 2.75) is 48.4 Å².